The van der Waals surface area contributed by atoms with Crippen molar-refractivity contribution in [1.29, 1.82) is 0 Å². The summed E-state index contributed by atoms with van der Waals surface area (Å²) in [6.07, 6.45) is 6.91. The first kappa shape index (κ1) is 22.4. The van der Waals surface area contributed by atoms with E-state index in [0.717, 1.165) is 23.1 Å². The molecule has 0 radical (unpaired) electrons. The van der Waals surface area contributed by atoms with Crippen LogP contribution in [0.2, 0.25) is 0 Å². The zero-order valence-electron chi connectivity index (χ0n) is 17.7. The van der Waals surface area contributed by atoms with Crippen LogP contribution >= 0.6 is 0 Å². The molecule has 0 unspecified atom stereocenters. The SMILES string of the molecule is CC.COc1cc(OC)c(-c2oncc2/C(C)=C/CC=C(C)C)cc1OC. The van der Waals surface area contributed by atoms with Gasteiger partial charge in [0.2, 0.25) is 0 Å². The average molecular weight is 373 g/mol. The summed E-state index contributed by atoms with van der Waals surface area (Å²) in [6.45, 7) is 10.2. The number of hydrogen-bond acceptors (Lipinski definition) is 5. The Bertz CT molecular complexity index is 784. The van der Waals surface area contributed by atoms with Crippen molar-refractivity contribution in [3.63, 3.8) is 0 Å². The normalized spacial score (nSPS) is 10.6. The maximum Gasteiger partial charge on any atom is 0.178 e. The predicted octanol–water partition coefficient (Wildman–Crippen LogP) is 6.15. The first-order chi connectivity index (χ1) is 13.0. The molecule has 148 valence electrons. The fraction of sp³-hybridized carbons (Fsp3) is 0.409. The number of methoxy groups -OCH3 is 3. The Morgan fingerprint density at radius 1 is 0.926 bits per heavy atom. The number of allylic oxidation sites excluding steroid dienone is 4. The van der Waals surface area contributed by atoms with Crippen LogP contribution < -0.4 is 14.2 Å². The summed E-state index contributed by atoms with van der Waals surface area (Å²) in [4.78, 5) is 0. The summed E-state index contributed by atoms with van der Waals surface area (Å²) in [5.74, 6) is 2.48. The number of hydrogen-bond donors (Lipinski definition) is 0. The minimum absolute atomic E-state index is 0.597. The molecule has 0 aliphatic heterocycles. The molecule has 0 aliphatic carbocycles. The van der Waals surface area contributed by atoms with E-state index in [1.165, 1.54) is 5.57 Å². The molecule has 27 heavy (non-hydrogen) atoms. The molecule has 0 bridgehead atoms. The largest absolute Gasteiger partial charge is 0.496 e. The van der Waals surface area contributed by atoms with Crippen LogP contribution in [0.3, 0.4) is 0 Å². The van der Waals surface area contributed by atoms with E-state index in [1.807, 2.05) is 26.8 Å². The second-order valence-corrected chi connectivity index (χ2v) is 5.88. The first-order valence-corrected chi connectivity index (χ1v) is 9.07. The number of benzene rings is 1. The van der Waals surface area contributed by atoms with Gasteiger partial charge >= 0.3 is 0 Å². The van der Waals surface area contributed by atoms with E-state index in [1.54, 1.807) is 33.6 Å². The molecule has 0 saturated heterocycles. The van der Waals surface area contributed by atoms with Crippen LogP contribution in [0.1, 0.15) is 46.6 Å². The van der Waals surface area contributed by atoms with Crippen LogP contribution in [-0.4, -0.2) is 26.5 Å². The molecule has 2 aromatic rings. The molecule has 0 spiro atoms. The van der Waals surface area contributed by atoms with E-state index in [2.05, 4.69) is 31.2 Å². The Morgan fingerprint density at radius 2 is 1.52 bits per heavy atom. The molecule has 0 fully saturated rings. The van der Waals surface area contributed by atoms with Gasteiger partial charge in [0.05, 0.1) is 33.1 Å². The third-order valence-electron chi connectivity index (χ3n) is 3.90. The molecule has 0 amide bonds. The molecule has 1 heterocycles. The van der Waals surface area contributed by atoms with E-state index >= 15 is 0 Å². The third-order valence-corrected chi connectivity index (χ3v) is 3.90. The lowest BCUT2D eigenvalue weighted by Gasteiger charge is -2.13. The fourth-order valence-electron chi connectivity index (χ4n) is 2.50. The highest BCUT2D eigenvalue weighted by molar-refractivity contribution is 5.81. The van der Waals surface area contributed by atoms with E-state index in [9.17, 15) is 0 Å². The van der Waals surface area contributed by atoms with Crippen LogP contribution in [0.25, 0.3) is 16.9 Å². The van der Waals surface area contributed by atoms with Crippen molar-refractivity contribution in [3.05, 3.63) is 41.6 Å². The maximum atomic E-state index is 5.53. The Hall–Kier alpha value is -2.69. The fourth-order valence-corrected chi connectivity index (χ4v) is 2.50. The van der Waals surface area contributed by atoms with Crippen molar-refractivity contribution in [2.24, 2.45) is 0 Å². The van der Waals surface area contributed by atoms with Gasteiger partial charge in [0.25, 0.3) is 0 Å². The molecular formula is C22H31NO4. The Morgan fingerprint density at radius 3 is 2.07 bits per heavy atom. The Balaban J connectivity index is 0.00000176. The summed E-state index contributed by atoms with van der Waals surface area (Å²) >= 11 is 0. The average Bonchev–Trinajstić information content (AvgIpc) is 3.17. The molecule has 1 aromatic carbocycles. The summed E-state index contributed by atoms with van der Waals surface area (Å²) in [5, 5.41) is 3.98. The number of aromatic nitrogens is 1. The summed E-state index contributed by atoms with van der Waals surface area (Å²) in [5.41, 5.74) is 4.07. The minimum Gasteiger partial charge on any atom is -0.496 e. The monoisotopic (exact) mass is 373 g/mol. The van der Waals surface area contributed by atoms with Gasteiger partial charge < -0.3 is 18.7 Å². The Labute approximate surface area is 162 Å². The van der Waals surface area contributed by atoms with Gasteiger partial charge in [0.15, 0.2) is 17.3 Å². The number of ether oxygens (including phenoxy) is 3. The highest BCUT2D eigenvalue weighted by atomic mass is 16.5. The molecular weight excluding hydrogens is 342 g/mol. The molecule has 0 atom stereocenters. The van der Waals surface area contributed by atoms with Crippen molar-refractivity contribution in [2.75, 3.05) is 21.3 Å². The topological polar surface area (TPSA) is 53.7 Å². The maximum absolute atomic E-state index is 5.53. The highest BCUT2D eigenvalue weighted by Crippen LogP contribution is 2.42. The quantitative estimate of drug-likeness (QED) is 0.545. The van der Waals surface area contributed by atoms with Gasteiger partial charge in [-0.1, -0.05) is 36.7 Å². The van der Waals surface area contributed by atoms with Gasteiger partial charge in [-0.25, -0.2) is 0 Å². The van der Waals surface area contributed by atoms with Gasteiger partial charge in [-0.15, -0.1) is 0 Å². The van der Waals surface area contributed by atoms with E-state index in [0.29, 0.717) is 23.0 Å². The molecule has 0 saturated carbocycles. The van der Waals surface area contributed by atoms with Crippen molar-refractivity contribution in [2.45, 2.75) is 41.0 Å². The molecule has 0 N–H and O–H groups in total. The van der Waals surface area contributed by atoms with Crippen LogP contribution in [0, 0.1) is 0 Å². The zero-order valence-corrected chi connectivity index (χ0v) is 17.7. The third kappa shape index (κ3) is 5.64. The molecule has 5 heteroatoms. The zero-order chi connectivity index (χ0) is 20.4. The Kier molecular flexibility index (Phi) is 9.20. The van der Waals surface area contributed by atoms with Gasteiger partial charge in [-0.3, -0.25) is 0 Å². The number of rotatable bonds is 7. The molecule has 1 aromatic heterocycles. The lowest BCUT2D eigenvalue weighted by molar-refractivity contribution is 0.348. The second kappa shape index (κ2) is 11.1. The van der Waals surface area contributed by atoms with Gasteiger partial charge in [0.1, 0.15) is 5.75 Å². The van der Waals surface area contributed by atoms with E-state index in [4.69, 9.17) is 18.7 Å². The second-order valence-electron chi connectivity index (χ2n) is 5.88. The smallest absolute Gasteiger partial charge is 0.178 e. The summed E-state index contributed by atoms with van der Waals surface area (Å²) < 4.78 is 21.8. The lowest BCUT2D eigenvalue weighted by atomic mass is 10.0. The van der Waals surface area contributed by atoms with Crippen LogP contribution in [0.5, 0.6) is 17.2 Å². The number of nitrogens with zero attached hydrogens (tertiary/aromatic N) is 1. The molecule has 2 rings (SSSR count). The molecule has 5 nitrogen and oxygen atoms in total. The van der Waals surface area contributed by atoms with Gasteiger partial charge in [-0.05, 0) is 38.8 Å². The highest BCUT2D eigenvalue weighted by Gasteiger charge is 2.20. The predicted molar refractivity (Wildman–Crippen MR) is 111 cm³/mol. The van der Waals surface area contributed by atoms with Crippen molar-refractivity contribution in [1.82, 2.24) is 5.16 Å². The lowest BCUT2D eigenvalue weighted by Crippen LogP contribution is -1.95. The summed E-state index contributed by atoms with van der Waals surface area (Å²) in [6, 6.07) is 3.62. The van der Waals surface area contributed by atoms with E-state index < -0.39 is 0 Å². The van der Waals surface area contributed by atoms with Crippen molar-refractivity contribution in [3.8, 4) is 28.6 Å². The van der Waals surface area contributed by atoms with Crippen molar-refractivity contribution >= 4 is 5.57 Å². The summed E-state index contributed by atoms with van der Waals surface area (Å²) in [7, 11) is 4.80. The van der Waals surface area contributed by atoms with Crippen LogP contribution in [0.15, 0.2) is 40.6 Å². The van der Waals surface area contributed by atoms with E-state index in [-0.39, 0.29) is 0 Å². The first-order valence-electron chi connectivity index (χ1n) is 9.07. The standard InChI is InChI=1S/C20H25NO4.C2H6/c1-13(2)8-7-9-14(3)16-12-21-25-20(16)15-10-18(23-5)19(24-6)11-17(15)22-4;1-2/h8-12H,7H2,1-6H3;1-2H3/b14-9+;. The molecule has 0 aliphatic rings. The van der Waals surface area contributed by atoms with Crippen LogP contribution in [-0.2, 0) is 0 Å². The van der Waals surface area contributed by atoms with Gasteiger partial charge in [-0.2, -0.15) is 0 Å². The van der Waals surface area contributed by atoms with Crippen molar-refractivity contribution < 1.29 is 18.7 Å². The minimum atomic E-state index is 0.597. The van der Waals surface area contributed by atoms with Gasteiger partial charge in [0, 0.05) is 11.6 Å². The van der Waals surface area contributed by atoms with Crippen LogP contribution in [0.4, 0.5) is 0 Å².